The molecule has 0 amide bonds. The zero-order chi connectivity index (χ0) is 13.2. The molecule has 0 radical (unpaired) electrons. The summed E-state index contributed by atoms with van der Waals surface area (Å²) in [7, 11) is 0. The number of nitrogens with zero attached hydrogens (tertiary/aromatic N) is 1. The van der Waals surface area contributed by atoms with Crippen molar-refractivity contribution in [2.75, 3.05) is 26.2 Å². The molecule has 0 saturated heterocycles. The predicted octanol–water partition coefficient (Wildman–Crippen LogP) is 1.48. The molecule has 0 unspecified atom stereocenters. The third kappa shape index (κ3) is 20.5. The Hall–Kier alpha value is 1.07. The van der Waals surface area contributed by atoms with Crippen LogP contribution in [-0.4, -0.2) is 35.7 Å². The fourth-order valence-electron chi connectivity index (χ4n) is 0.896. The minimum atomic E-state index is -0.0999. The topological polar surface area (TPSA) is 43.2 Å². The van der Waals surface area contributed by atoms with Gasteiger partial charge in [0, 0.05) is 0 Å². The fourth-order valence-corrected chi connectivity index (χ4v) is 1.09. The minimum absolute atomic E-state index is 0.0582. The van der Waals surface area contributed by atoms with Gasteiger partial charge in [-0.1, -0.05) is 27.7 Å². The van der Waals surface area contributed by atoms with Crippen LogP contribution in [-0.2, 0) is 47.6 Å². The zero-order valence-electron chi connectivity index (χ0n) is 10.4. The molecule has 0 heterocycles. The van der Waals surface area contributed by atoms with Gasteiger partial charge in [-0.2, -0.15) is 11.3 Å². The molecule has 0 fully saturated rings. The molecule has 0 saturated carbocycles. The third-order valence-corrected chi connectivity index (χ3v) is 1.76. The summed E-state index contributed by atoms with van der Waals surface area (Å²) in [5.41, 5.74) is 0. The average Bonchev–Trinajstić information content (AvgIpc) is 2.11. The predicted molar refractivity (Wildman–Crippen MR) is 69.5 cm³/mol. The summed E-state index contributed by atoms with van der Waals surface area (Å²) in [6.07, 6.45) is 0. The Balaban J connectivity index is 0. The standard InChI is InChI=1S/C10H23N2S2.O.Tc/c1-9(2,13)7-11-5-6-12-8-10(3,4)14;;/h11,13-14H,5-8H2,1-4H3;;/q-1;;+3/p-2. The SMILES string of the molecule is CC(C)([S-])C[N-]CCNCC(C)(C)[S-].[O]=[Tc+3]. The first-order valence-electron chi connectivity index (χ1n) is 5.11. The van der Waals surface area contributed by atoms with Crippen LogP contribution in [0.15, 0.2) is 0 Å². The first kappa shape index (κ1) is 19.4. The molecule has 16 heavy (non-hydrogen) atoms. The average molecular weight is 347 g/mol. The summed E-state index contributed by atoms with van der Waals surface area (Å²) in [6.45, 7) is 11.4. The maximum atomic E-state index is 8.22. The monoisotopic (exact) mass is 346 g/mol. The van der Waals surface area contributed by atoms with Crippen molar-refractivity contribution in [1.29, 1.82) is 0 Å². The molecule has 3 nitrogen and oxygen atoms in total. The molecule has 1 N–H and O–H groups in total. The molecule has 0 aromatic rings. The molecule has 0 aliphatic heterocycles. The van der Waals surface area contributed by atoms with Crippen molar-refractivity contribution in [1.82, 2.24) is 5.32 Å². The van der Waals surface area contributed by atoms with E-state index in [0.29, 0.717) is 0 Å². The van der Waals surface area contributed by atoms with E-state index in [4.69, 9.17) is 28.8 Å². The van der Waals surface area contributed by atoms with Crippen LogP contribution in [0.5, 0.6) is 0 Å². The van der Waals surface area contributed by atoms with Gasteiger partial charge in [0.05, 0.1) is 0 Å². The van der Waals surface area contributed by atoms with Gasteiger partial charge in [-0.25, -0.2) is 0 Å². The summed E-state index contributed by atoms with van der Waals surface area (Å²) >= 11 is 11.3. The summed E-state index contributed by atoms with van der Waals surface area (Å²) in [5, 5.41) is 7.64. The Bertz CT molecular complexity index is 151. The molecule has 0 atom stereocenters. The Morgan fingerprint density at radius 2 is 1.62 bits per heavy atom. The van der Waals surface area contributed by atoms with E-state index in [2.05, 4.69) is 10.6 Å². The van der Waals surface area contributed by atoms with E-state index in [-0.39, 0.29) is 9.49 Å². The van der Waals surface area contributed by atoms with Crippen molar-refractivity contribution in [3.05, 3.63) is 5.32 Å². The van der Waals surface area contributed by atoms with Gasteiger partial charge in [0.1, 0.15) is 0 Å². The normalized spacial score (nSPS) is 11.8. The summed E-state index contributed by atoms with van der Waals surface area (Å²) < 4.78 is 8.06. The number of hydrogen-bond acceptors (Lipinski definition) is 4. The van der Waals surface area contributed by atoms with E-state index in [1.807, 2.05) is 27.7 Å². The van der Waals surface area contributed by atoms with Crippen molar-refractivity contribution in [3.8, 4) is 0 Å². The van der Waals surface area contributed by atoms with Crippen LogP contribution >= 0.6 is 0 Å². The van der Waals surface area contributed by atoms with Gasteiger partial charge >= 0.3 is 22.4 Å². The second-order valence-corrected chi connectivity index (χ2v) is 7.01. The Morgan fingerprint density at radius 3 is 2.00 bits per heavy atom. The molecule has 96 valence electrons. The molecule has 0 aliphatic carbocycles. The summed E-state index contributed by atoms with van der Waals surface area (Å²) in [4.78, 5) is 0. The second kappa shape index (κ2) is 10.0. The molecule has 0 spiro atoms. The molecule has 6 heteroatoms. The molecular formula is C10H21N2OS2Tc. The molecular weight excluding hydrogens is 326 g/mol. The third-order valence-electron chi connectivity index (χ3n) is 1.49. The van der Waals surface area contributed by atoms with Crippen molar-refractivity contribution in [3.63, 3.8) is 0 Å². The van der Waals surface area contributed by atoms with Gasteiger partial charge in [0.15, 0.2) is 0 Å². The summed E-state index contributed by atoms with van der Waals surface area (Å²) in [6, 6.07) is 0. The van der Waals surface area contributed by atoms with Crippen molar-refractivity contribution in [2.45, 2.75) is 37.2 Å². The van der Waals surface area contributed by atoms with E-state index >= 15 is 0 Å². The van der Waals surface area contributed by atoms with Crippen LogP contribution < -0.4 is 5.32 Å². The van der Waals surface area contributed by atoms with Gasteiger partial charge < -0.3 is 35.9 Å². The molecule has 0 bridgehead atoms. The maximum absolute atomic E-state index is 8.22. The van der Waals surface area contributed by atoms with E-state index in [1.54, 1.807) is 0 Å². The van der Waals surface area contributed by atoms with E-state index in [0.717, 1.165) is 45.0 Å². The van der Waals surface area contributed by atoms with Crippen molar-refractivity contribution in [2.24, 2.45) is 0 Å². The van der Waals surface area contributed by atoms with E-state index < -0.39 is 0 Å². The first-order chi connectivity index (χ1) is 7.21. The van der Waals surface area contributed by atoms with Crippen molar-refractivity contribution < 1.29 is 22.4 Å². The number of rotatable bonds is 7. The Labute approximate surface area is 121 Å². The van der Waals surface area contributed by atoms with E-state index in [9.17, 15) is 0 Å². The molecule has 0 rings (SSSR count). The van der Waals surface area contributed by atoms with Crippen LogP contribution in [0.4, 0.5) is 0 Å². The van der Waals surface area contributed by atoms with Gasteiger partial charge in [-0.15, -0.1) is 11.3 Å². The van der Waals surface area contributed by atoms with E-state index in [1.165, 1.54) is 0 Å². The molecule has 0 aromatic carbocycles. The number of nitrogens with one attached hydrogen (secondary N) is 1. The fraction of sp³-hybridized carbons (Fsp3) is 1.00. The quantitative estimate of drug-likeness (QED) is 0.560. The summed E-state index contributed by atoms with van der Waals surface area (Å²) in [5.74, 6) is 0. The van der Waals surface area contributed by atoms with Crippen LogP contribution in [0.1, 0.15) is 27.7 Å². The Morgan fingerprint density at radius 1 is 1.12 bits per heavy atom. The van der Waals surface area contributed by atoms with Crippen LogP contribution in [0, 0.1) is 0 Å². The molecule has 0 aliphatic rings. The van der Waals surface area contributed by atoms with Gasteiger partial charge in [0.25, 0.3) is 0 Å². The van der Waals surface area contributed by atoms with Crippen LogP contribution in [0.25, 0.3) is 5.32 Å². The zero-order valence-corrected chi connectivity index (χ0v) is 13.9. The van der Waals surface area contributed by atoms with Crippen molar-refractivity contribution >= 4 is 25.3 Å². The van der Waals surface area contributed by atoms with Crippen LogP contribution in [0.2, 0.25) is 0 Å². The molecule has 0 aromatic heterocycles. The van der Waals surface area contributed by atoms with Crippen LogP contribution in [0.3, 0.4) is 0 Å². The number of hydrogen-bond donors (Lipinski definition) is 1. The van der Waals surface area contributed by atoms with Gasteiger partial charge in [-0.05, 0) is 13.1 Å². The second-order valence-electron chi connectivity index (χ2n) is 4.80. The van der Waals surface area contributed by atoms with Gasteiger partial charge in [0.2, 0.25) is 0 Å². The Kier molecular flexibility index (Phi) is 12.2. The van der Waals surface area contributed by atoms with Gasteiger partial charge in [-0.3, -0.25) is 0 Å². The first-order valence-corrected chi connectivity index (χ1v) is 6.68.